The highest BCUT2D eigenvalue weighted by molar-refractivity contribution is 5.79. The molecule has 108 valence electrons. The van der Waals surface area contributed by atoms with Crippen molar-refractivity contribution in [1.29, 1.82) is 0 Å². The van der Waals surface area contributed by atoms with Gasteiger partial charge in [0.1, 0.15) is 6.10 Å². The summed E-state index contributed by atoms with van der Waals surface area (Å²) in [7, 11) is 0. The van der Waals surface area contributed by atoms with Crippen LogP contribution in [-0.4, -0.2) is 35.0 Å². The van der Waals surface area contributed by atoms with Crippen molar-refractivity contribution < 1.29 is 9.53 Å². The number of nitrogens with zero attached hydrogens (tertiary/aromatic N) is 2. The third-order valence-corrected chi connectivity index (χ3v) is 4.36. The van der Waals surface area contributed by atoms with Gasteiger partial charge in [-0.25, -0.2) is 4.98 Å². The predicted molar refractivity (Wildman–Crippen MR) is 76.5 cm³/mol. The molecule has 2 fully saturated rings. The number of aryl methyl sites for hydroxylation is 1. The number of amides is 1. The molecule has 20 heavy (non-hydrogen) atoms. The fourth-order valence-corrected chi connectivity index (χ4v) is 2.86. The fraction of sp³-hybridized carbons (Fsp3) is 0.625. The Hall–Kier alpha value is -1.58. The third kappa shape index (κ3) is 2.94. The Bertz CT molecular complexity index is 477. The summed E-state index contributed by atoms with van der Waals surface area (Å²) in [4.78, 5) is 18.6. The molecule has 0 radical (unpaired) electrons. The molecule has 0 N–H and O–H groups in total. The lowest BCUT2D eigenvalue weighted by molar-refractivity contribution is -0.140. The van der Waals surface area contributed by atoms with E-state index in [-0.39, 0.29) is 6.10 Å². The van der Waals surface area contributed by atoms with Crippen molar-refractivity contribution in [1.82, 2.24) is 9.88 Å². The van der Waals surface area contributed by atoms with Crippen LogP contribution in [0.3, 0.4) is 0 Å². The van der Waals surface area contributed by atoms with Crippen LogP contribution >= 0.6 is 0 Å². The van der Waals surface area contributed by atoms with Crippen LogP contribution in [0.25, 0.3) is 0 Å². The van der Waals surface area contributed by atoms with Crippen molar-refractivity contribution in [2.45, 2.75) is 45.1 Å². The molecule has 0 atom stereocenters. The molecule has 0 unspecified atom stereocenters. The minimum absolute atomic E-state index is 0.190. The molecule has 1 aromatic heterocycles. The maximum absolute atomic E-state index is 12.2. The lowest BCUT2D eigenvalue weighted by Crippen LogP contribution is -2.45. The molecule has 1 aromatic rings. The SMILES string of the molecule is Cc1cccc(OC2CCN(C(=O)C3CCC3)CC2)n1. The predicted octanol–water partition coefficient (Wildman–Crippen LogP) is 2.56. The van der Waals surface area contributed by atoms with E-state index < -0.39 is 0 Å². The number of hydrogen-bond donors (Lipinski definition) is 0. The normalized spacial score (nSPS) is 20.6. The van der Waals surface area contributed by atoms with Crippen LogP contribution in [0.15, 0.2) is 18.2 Å². The van der Waals surface area contributed by atoms with Crippen LogP contribution in [0, 0.1) is 12.8 Å². The van der Waals surface area contributed by atoms with Gasteiger partial charge in [-0.1, -0.05) is 12.5 Å². The van der Waals surface area contributed by atoms with Crippen LogP contribution in [0.1, 0.15) is 37.8 Å². The van der Waals surface area contributed by atoms with Gasteiger partial charge in [-0.05, 0) is 25.8 Å². The van der Waals surface area contributed by atoms with E-state index >= 15 is 0 Å². The van der Waals surface area contributed by atoms with Crippen molar-refractivity contribution in [2.24, 2.45) is 5.92 Å². The van der Waals surface area contributed by atoms with Gasteiger partial charge in [-0.2, -0.15) is 0 Å². The topological polar surface area (TPSA) is 42.4 Å². The largest absolute Gasteiger partial charge is 0.474 e. The summed E-state index contributed by atoms with van der Waals surface area (Å²) in [6.45, 7) is 3.62. The Morgan fingerprint density at radius 2 is 2.00 bits per heavy atom. The van der Waals surface area contributed by atoms with E-state index in [1.807, 2.05) is 30.0 Å². The highest BCUT2D eigenvalue weighted by atomic mass is 16.5. The second-order valence-corrected chi connectivity index (χ2v) is 5.89. The number of aromatic nitrogens is 1. The number of pyridine rings is 1. The summed E-state index contributed by atoms with van der Waals surface area (Å²) in [5.74, 6) is 1.38. The first kappa shape index (κ1) is 13.4. The Kier molecular flexibility index (Phi) is 3.90. The number of carbonyl (C=O) groups excluding carboxylic acids is 1. The van der Waals surface area contributed by atoms with Crippen molar-refractivity contribution in [3.63, 3.8) is 0 Å². The zero-order valence-electron chi connectivity index (χ0n) is 12.0. The number of rotatable bonds is 3. The molecule has 1 saturated heterocycles. The molecule has 3 rings (SSSR count). The van der Waals surface area contributed by atoms with E-state index in [2.05, 4.69) is 4.98 Å². The van der Waals surface area contributed by atoms with Gasteiger partial charge in [0.05, 0.1) is 0 Å². The second kappa shape index (κ2) is 5.81. The summed E-state index contributed by atoms with van der Waals surface area (Å²) in [5, 5.41) is 0. The van der Waals surface area contributed by atoms with Crippen LogP contribution in [0.5, 0.6) is 5.88 Å². The molecule has 1 aliphatic heterocycles. The van der Waals surface area contributed by atoms with Crippen LogP contribution in [0.4, 0.5) is 0 Å². The van der Waals surface area contributed by atoms with Gasteiger partial charge in [-0.15, -0.1) is 0 Å². The molecule has 1 aliphatic carbocycles. The highest BCUT2D eigenvalue weighted by Crippen LogP contribution is 2.29. The van der Waals surface area contributed by atoms with Crippen molar-refractivity contribution >= 4 is 5.91 Å². The third-order valence-electron chi connectivity index (χ3n) is 4.36. The number of likely N-dealkylation sites (tertiary alicyclic amines) is 1. The zero-order valence-corrected chi connectivity index (χ0v) is 12.0. The van der Waals surface area contributed by atoms with E-state index in [1.54, 1.807) is 0 Å². The first-order valence-corrected chi connectivity index (χ1v) is 7.61. The Morgan fingerprint density at radius 1 is 1.25 bits per heavy atom. The summed E-state index contributed by atoms with van der Waals surface area (Å²) in [6.07, 6.45) is 5.40. The first-order valence-electron chi connectivity index (χ1n) is 7.61. The summed E-state index contributed by atoms with van der Waals surface area (Å²) in [5.41, 5.74) is 0.972. The molecule has 2 heterocycles. The Balaban J connectivity index is 1.49. The number of ether oxygens (including phenoxy) is 1. The van der Waals surface area contributed by atoms with Crippen LogP contribution < -0.4 is 4.74 Å². The summed E-state index contributed by atoms with van der Waals surface area (Å²) in [6, 6.07) is 5.83. The van der Waals surface area contributed by atoms with E-state index in [0.717, 1.165) is 44.5 Å². The Labute approximate surface area is 120 Å². The lowest BCUT2D eigenvalue weighted by atomic mass is 9.84. The van der Waals surface area contributed by atoms with E-state index in [0.29, 0.717) is 17.7 Å². The summed E-state index contributed by atoms with van der Waals surface area (Å²) < 4.78 is 5.92. The molecule has 0 spiro atoms. The van der Waals surface area contributed by atoms with E-state index in [9.17, 15) is 4.79 Å². The number of piperidine rings is 1. The van der Waals surface area contributed by atoms with Crippen molar-refractivity contribution in [2.75, 3.05) is 13.1 Å². The minimum atomic E-state index is 0.190. The van der Waals surface area contributed by atoms with Crippen LogP contribution in [-0.2, 0) is 4.79 Å². The maximum atomic E-state index is 12.2. The summed E-state index contributed by atoms with van der Waals surface area (Å²) >= 11 is 0. The van der Waals surface area contributed by atoms with Gasteiger partial charge < -0.3 is 9.64 Å². The standard InChI is InChI=1S/C16H22N2O2/c1-12-4-2-7-15(17-12)20-14-8-10-18(11-9-14)16(19)13-5-3-6-13/h2,4,7,13-14H,3,5-6,8-11H2,1H3. The van der Waals surface area contributed by atoms with Crippen LogP contribution in [0.2, 0.25) is 0 Å². The molecular weight excluding hydrogens is 252 g/mol. The molecule has 2 aliphatic rings. The van der Waals surface area contributed by atoms with Gasteiger partial charge in [-0.3, -0.25) is 4.79 Å². The average molecular weight is 274 g/mol. The second-order valence-electron chi connectivity index (χ2n) is 5.89. The van der Waals surface area contributed by atoms with E-state index in [1.165, 1.54) is 6.42 Å². The van der Waals surface area contributed by atoms with Crippen molar-refractivity contribution in [3.05, 3.63) is 23.9 Å². The minimum Gasteiger partial charge on any atom is -0.474 e. The van der Waals surface area contributed by atoms with E-state index in [4.69, 9.17) is 4.74 Å². The molecule has 4 nitrogen and oxygen atoms in total. The average Bonchev–Trinajstić information content (AvgIpc) is 2.37. The molecule has 0 aromatic carbocycles. The fourth-order valence-electron chi connectivity index (χ4n) is 2.86. The molecule has 4 heteroatoms. The zero-order chi connectivity index (χ0) is 13.9. The molecule has 1 amide bonds. The molecule has 0 bridgehead atoms. The van der Waals surface area contributed by atoms with Gasteiger partial charge >= 0.3 is 0 Å². The van der Waals surface area contributed by atoms with Gasteiger partial charge in [0, 0.05) is 43.6 Å². The number of hydrogen-bond acceptors (Lipinski definition) is 3. The lowest BCUT2D eigenvalue weighted by Gasteiger charge is -2.36. The van der Waals surface area contributed by atoms with Gasteiger partial charge in [0.2, 0.25) is 11.8 Å². The smallest absolute Gasteiger partial charge is 0.225 e. The highest BCUT2D eigenvalue weighted by Gasteiger charge is 2.32. The Morgan fingerprint density at radius 3 is 2.60 bits per heavy atom. The quantitative estimate of drug-likeness (QED) is 0.850. The maximum Gasteiger partial charge on any atom is 0.225 e. The van der Waals surface area contributed by atoms with Crippen molar-refractivity contribution in [3.8, 4) is 5.88 Å². The molecule has 1 saturated carbocycles. The monoisotopic (exact) mass is 274 g/mol. The molecular formula is C16H22N2O2. The van der Waals surface area contributed by atoms with Gasteiger partial charge in [0.25, 0.3) is 0 Å². The van der Waals surface area contributed by atoms with Gasteiger partial charge in [0.15, 0.2) is 0 Å². The first-order chi connectivity index (χ1) is 9.72. The number of carbonyl (C=O) groups is 1.